The van der Waals surface area contributed by atoms with E-state index in [2.05, 4.69) is 19.9 Å². The summed E-state index contributed by atoms with van der Waals surface area (Å²) in [6, 6.07) is 2.26. The van der Waals surface area contributed by atoms with Crippen LogP contribution < -0.4 is 9.97 Å². The maximum absolute atomic E-state index is 15.8. The van der Waals surface area contributed by atoms with Crippen molar-refractivity contribution >= 4 is 46.4 Å². The summed E-state index contributed by atoms with van der Waals surface area (Å²) in [5, 5.41) is 0. The number of nitrogens with zero attached hydrogens (tertiary/aromatic N) is 4. The monoisotopic (exact) mass is 1030 g/mol. The van der Waals surface area contributed by atoms with Gasteiger partial charge in [-0.05, 0) is 46.6 Å². The fourth-order valence-electron chi connectivity index (χ4n) is 7.41. The van der Waals surface area contributed by atoms with Gasteiger partial charge in [-0.1, -0.05) is 24.3 Å². The van der Waals surface area contributed by atoms with Gasteiger partial charge in [0.05, 0.1) is 45.0 Å². The average Bonchev–Trinajstić information content (AvgIpc) is 4.18. The Labute approximate surface area is 378 Å². The molecule has 355 valence electrons. The zero-order valence-electron chi connectivity index (χ0n) is 32.3. The third kappa shape index (κ3) is 6.99. The van der Waals surface area contributed by atoms with Crippen LogP contribution in [0.5, 0.6) is 0 Å². The van der Waals surface area contributed by atoms with Crippen molar-refractivity contribution in [1.29, 1.82) is 0 Å². The molecule has 0 saturated carbocycles. The molecule has 4 nitrogen and oxygen atoms in total. The molecule has 0 fully saturated rings. The molecule has 5 heterocycles. The molecular weight excluding hydrogens is 1030 g/mol. The number of fused-ring (bicyclic) bond motifs is 8. The molecule has 0 atom stereocenters. The van der Waals surface area contributed by atoms with Crippen LogP contribution in [-0.2, 0) is 17.1 Å². The van der Waals surface area contributed by atoms with Crippen molar-refractivity contribution in [3.05, 3.63) is 163 Å². The molecule has 25 heteroatoms. The molecule has 69 heavy (non-hydrogen) atoms. The second-order valence-corrected chi connectivity index (χ2v) is 14.1. The molecular formula is C44H8CuF20N4. The van der Waals surface area contributed by atoms with Crippen LogP contribution in [0.4, 0.5) is 87.8 Å². The van der Waals surface area contributed by atoms with E-state index in [1.807, 2.05) is 0 Å². The van der Waals surface area contributed by atoms with Gasteiger partial charge in [0.1, 0.15) is 0 Å². The van der Waals surface area contributed by atoms with Gasteiger partial charge in [-0.25, -0.2) is 97.8 Å². The topological polar surface area (TPSA) is 54.0 Å². The van der Waals surface area contributed by atoms with E-state index in [0.717, 1.165) is 0 Å². The van der Waals surface area contributed by atoms with Crippen LogP contribution in [0.25, 0.3) is 90.9 Å². The molecule has 2 aliphatic heterocycles. The molecule has 0 spiro atoms. The smallest absolute Gasteiger partial charge is 0.657 e. The fourth-order valence-corrected chi connectivity index (χ4v) is 7.41. The van der Waals surface area contributed by atoms with Gasteiger partial charge in [0.2, 0.25) is 23.3 Å². The minimum atomic E-state index is -2.73. The fraction of sp³-hybridized carbons (Fsp3) is 0. The SMILES string of the molecule is Fc1c(F)c(F)c(-c2c3nc(c(-c4c(F)c(F)c(F)c(F)c4F)c4ccc([n-]4)c(-c4c(F)c(F)c(F)c(F)c4F)c4nc(c(-c5c(F)c(F)c(F)c(F)c5F)c5ccc2[n-]5)C=C4)C=C3)c(F)c1F.[Cu+2]. The zero-order chi connectivity index (χ0) is 49.3. The summed E-state index contributed by atoms with van der Waals surface area (Å²) < 4.78 is 303. The van der Waals surface area contributed by atoms with Crippen LogP contribution in [0.15, 0.2) is 24.3 Å². The zero-order valence-corrected chi connectivity index (χ0v) is 33.2. The Balaban J connectivity index is 0.00000642. The van der Waals surface area contributed by atoms with Crippen LogP contribution in [0, 0.1) is 116 Å². The van der Waals surface area contributed by atoms with E-state index in [1.54, 1.807) is 0 Å². The molecule has 1 radical (unpaired) electrons. The second kappa shape index (κ2) is 17.0. The Morgan fingerprint density at radius 3 is 0.522 bits per heavy atom. The summed E-state index contributed by atoms with van der Waals surface area (Å²) in [6.45, 7) is 0. The molecule has 2 aliphatic rings. The number of aromatic nitrogens is 4. The molecule has 0 amide bonds. The summed E-state index contributed by atoms with van der Waals surface area (Å²) in [5.74, 6) is -53.1. The minimum absolute atomic E-state index is 0. The van der Waals surface area contributed by atoms with Crippen LogP contribution in [-0.4, -0.2) is 9.97 Å². The van der Waals surface area contributed by atoms with Gasteiger partial charge in [-0.3, -0.25) is 0 Å². The van der Waals surface area contributed by atoms with Crippen LogP contribution >= 0.6 is 0 Å². The first-order valence-electron chi connectivity index (χ1n) is 18.2. The largest absolute Gasteiger partial charge is 2.00 e. The minimum Gasteiger partial charge on any atom is -0.657 e. The van der Waals surface area contributed by atoms with E-state index in [4.69, 9.17) is 0 Å². The Morgan fingerprint density at radius 2 is 0.362 bits per heavy atom. The molecule has 4 aromatic carbocycles. The Morgan fingerprint density at radius 1 is 0.217 bits per heavy atom. The first kappa shape index (κ1) is 48.1. The van der Waals surface area contributed by atoms with Crippen molar-refractivity contribution in [1.82, 2.24) is 19.9 Å². The summed E-state index contributed by atoms with van der Waals surface area (Å²) in [5.41, 5.74) is -21.6. The number of hydrogen-bond donors (Lipinski definition) is 0. The third-order valence-electron chi connectivity index (χ3n) is 10.4. The molecule has 9 rings (SSSR count). The van der Waals surface area contributed by atoms with Gasteiger partial charge in [0.25, 0.3) is 0 Å². The number of hydrogen-bond acceptors (Lipinski definition) is 2. The van der Waals surface area contributed by atoms with Crippen LogP contribution in [0.2, 0.25) is 0 Å². The Kier molecular flexibility index (Phi) is 11.8. The standard InChI is InChI=1S/C44H8F20N4.Cu/c45-25-21(26(46)34(54)41(61)33(25)53)17-9-1-2-10(65-9)18(22-27(47)35(55)42(62)36(56)28(22)48)12-5-6-14(67-12)20(24-31(51)39(59)44(64)40(60)32(24)52)16-8-7-15(68-16)19(13-4-3-11(17)66-13)23-29(49)37(57)43(63)38(58)30(23)50;/h1-8H;/q-2;+2. The maximum Gasteiger partial charge on any atom is 2.00 e. The van der Waals surface area contributed by atoms with E-state index in [1.165, 1.54) is 0 Å². The van der Waals surface area contributed by atoms with Crippen LogP contribution in [0.1, 0.15) is 22.8 Å². The first-order chi connectivity index (χ1) is 32.1. The van der Waals surface area contributed by atoms with Gasteiger partial charge in [-0.2, -0.15) is 0 Å². The Bertz CT molecular complexity index is 3120. The average molecular weight is 1040 g/mol. The normalized spacial score (nSPS) is 12.1. The molecule has 8 bridgehead atoms. The van der Waals surface area contributed by atoms with E-state index in [-0.39, 0.29) is 17.1 Å². The predicted molar refractivity (Wildman–Crippen MR) is 198 cm³/mol. The van der Waals surface area contributed by atoms with Crippen molar-refractivity contribution in [3.8, 4) is 44.5 Å². The summed E-state index contributed by atoms with van der Waals surface area (Å²) in [6.07, 6.45) is 2.26. The van der Waals surface area contributed by atoms with E-state index < -0.39 is 206 Å². The quantitative estimate of drug-likeness (QED) is 0.0763. The maximum atomic E-state index is 15.8. The molecule has 7 aromatic rings. The van der Waals surface area contributed by atoms with Gasteiger partial charge in [0.15, 0.2) is 93.1 Å². The number of halogens is 20. The van der Waals surface area contributed by atoms with Crippen molar-refractivity contribution in [3.63, 3.8) is 0 Å². The van der Waals surface area contributed by atoms with Crippen molar-refractivity contribution in [2.45, 2.75) is 0 Å². The summed E-state index contributed by atoms with van der Waals surface area (Å²) in [4.78, 5) is 15.6. The van der Waals surface area contributed by atoms with E-state index in [9.17, 15) is 52.7 Å². The third-order valence-corrected chi connectivity index (χ3v) is 10.4. The molecule has 0 aliphatic carbocycles. The van der Waals surface area contributed by atoms with E-state index >= 15 is 35.1 Å². The molecule has 0 N–H and O–H groups in total. The van der Waals surface area contributed by atoms with Gasteiger partial charge in [0, 0.05) is 0 Å². The Hall–Kier alpha value is -7.40. The van der Waals surface area contributed by atoms with Crippen molar-refractivity contribution in [2.75, 3.05) is 0 Å². The van der Waals surface area contributed by atoms with Crippen molar-refractivity contribution < 1.29 is 105 Å². The number of benzene rings is 4. The molecule has 0 unspecified atom stereocenters. The van der Waals surface area contributed by atoms with Gasteiger partial charge in [-0.15, -0.1) is 22.1 Å². The van der Waals surface area contributed by atoms with Gasteiger partial charge >= 0.3 is 17.1 Å². The summed E-state index contributed by atoms with van der Waals surface area (Å²) in [7, 11) is 0. The van der Waals surface area contributed by atoms with Crippen LogP contribution in [0.3, 0.4) is 0 Å². The molecule has 0 saturated heterocycles. The predicted octanol–water partition coefficient (Wildman–Crippen LogP) is 13.4. The first-order valence-corrected chi connectivity index (χ1v) is 18.2. The molecule has 3 aromatic heterocycles. The summed E-state index contributed by atoms with van der Waals surface area (Å²) >= 11 is 0. The van der Waals surface area contributed by atoms with E-state index in [0.29, 0.717) is 48.6 Å². The van der Waals surface area contributed by atoms with Gasteiger partial charge < -0.3 is 9.97 Å². The second-order valence-electron chi connectivity index (χ2n) is 14.1. The van der Waals surface area contributed by atoms with Crippen molar-refractivity contribution in [2.24, 2.45) is 0 Å². The number of rotatable bonds is 4.